The average Bonchev–Trinajstić information content (AvgIpc) is 2.75. The minimum absolute atomic E-state index is 0.196. The van der Waals surface area contributed by atoms with Crippen LogP contribution in [0.4, 0.5) is 0 Å². The van der Waals surface area contributed by atoms with Gasteiger partial charge in [-0.3, -0.25) is 4.79 Å². The van der Waals surface area contributed by atoms with Crippen LogP contribution < -0.4 is 0 Å². The lowest BCUT2D eigenvalue weighted by Crippen LogP contribution is -2.02. The van der Waals surface area contributed by atoms with Crippen LogP contribution in [0.1, 0.15) is 30.6 Å². The van der Waals surface area contributed by atoms with Gasteiger partial charge in [0.05, 0.1) is 0 Å². The Morgan fingerprint density at radius 3 is 2.58 bits per heavy atom. The first kappa shape index (κ1) is 12.0. The van der Waals surface area contributed by atoms with Gasteiger partial charge in [0.1, 0.15) is 11.2 Å². The van der Waals surface area contributed by atoms with Gasteiger partial charge in [0.15, 0.2) is 5.78 Å². The van der Waals surface area contributed by atoms with Crippen molar-refractivity contribution in [2.24, 2.45) is 5.92 Å². The first-order valence-electron chi connectivity index (χ1n) is 6.59. The average molecular weight is 252 g/mol. The molecule has 0 saturated heterocycles. The lowest BCUT2D eigenvalue weighted by molar-refractivity contribution is 0.0968. The summed E-state index contributed by atoms with van der Waals surface area (Å²) in [5, 5.41) is 2.09. The van der Waals surface area contributed by atoms with E-state index in [2.05, 4.69) is 13.8 Å². The quantitative estimate of drug-likeness (QED) is 0.626. The molecule has 0 unspecified atom stereocenters. The second kappa shape index (κ2) is 4.54. The van der Waals surface area contributed by atoms with Crippen LogP contribution in [0.2, 0.25) is 0 Å². The van der Waals surface area contributed by atoms with E-state index in [1.54, 1.807) is 0 Å². The van der Waals surface area contributed by atoms with Crippen LogP contribution in [0.5, 0.6) is 0 Å². The second-order valence-electron chi connectivity index (χ2n) is 5.33. The molecule has 0 saturated carbocycles. The molecule has 0 N–H and O–H groups in total. The molecule has 0 spiro atoms. The molecule has 0 atom stereocenters. The largest absolute Gasteiger partial charge is 0.456 e. The van der Waals surface area contributed by atoms with Crippen molar-refractivity contribution in [3.63, 3.8) is 0 Å². The number of benzene rings is 2. The van der Waals surface area contributed by atoms with Crippen molar-refractivity contribution in [2.75, 3.05) is 0 Å². The van der Waals surface area contributed by atoms with E-state index < -0.39 is 0 Å². The topological polar surface area (TPSA) is 30.2 Å². The predicted octanol–water partition coefficient (Wildman–Crippen LogP) is 4.81. The maximum Gasteiger partial charge on any atom is 0.163 e. The zero-order chi connectivity index (χ0) is 13.4. The van der Waals surface area contributed by atoms with E-state index in [0.29, 0.717) is 12.3 Å². The Balaban J connectivity index is 2.14. The fourth-order valence-electron chi connectivity index (χ4n) is 2.39. The zero-order valence-electron chi connectivity index (χ0n) is 11.1. The zero-order valence-corrected chi connectivity index (χ0v) is 11.1. The number of hydrogen-bond acceptors (Lipinski definition) is 2. The Labute approximate surface area is 112 Å². The summed E-state index contributed by atoms with van der Waals surface area (Å²) >= 11 is 0. The minimum atomic E-state index is 0.196. The summed E-state index contributed by atoms with van der Waals surface area (Å²) in [6.45, 7) is 4.12. The molecule has 0 aliphatic heterocycles. The molecule has 1 aromatic heterocycles. The van der Waals surface area contributed by atoms with Crippen molar-refractivity contribution < 1.29 is 9.21 Å². The van der Waals surface area contributed by atoms with Gasteiger partial charge in [-0.2, -0.15) is 0 Å². The van der Waals surface area contributed by atoms with Crippen molar-refractivity contribution in [1.82, 2.24) is 0 Å². The molecule has 96 valence electrons. The Bertz CT molecular complexity index is 750. The highest BCUT2D eigenvalue weighted by molar-refractivity contribution is 6.08. The molecule has 0 aliphatic carbocycles. The maximum absolute atomic E-state index is 12.1. The third-order valence-electron chi connectivity index (χ3n) is 3.29. The molecule has 2 aromatic carbocycles. The van der Waals surface area contributed by atoms with E-state index in [-0.39, 0.29) is 5.78 Å². The first-order valence-corrected chi connectivity index (χ1v) is 6.59. The molecule has 3 aromatic rings. The standard InChI is InChI=1S/C17H16O2/c1-11(2)9-15(18)12-7-8-17-14(10-12)13-5-3-4-6-16(13)19-17/h3-8,10-11H,9H2,1-2H3. The molecule has 0 fully saturated rings. The third kappa shape index (κ3) is 2.14. The van der Waals surface area contributed by atoms with Crippen molar-refractivity contribution in [3.05, 3.63) is 48.0 Å². The number of fused-ring (bicyclic) bond motifs is 3. The van der Waals surface area contributed by atoms with Crippen LogP contribution in [0.15, 0.2) is 46.9 Å². The molecule has 0 aliphatic rings. The highest BCUT2D eigenvalue weighted by atomic mass is 16.3. The first-order chi connectivity index (χ1) is 9.15. The number of hydrogen-bond donors (Lipinski definition) is 0. The summed E-state index contributed by atoms with van der Waals surface area (Å²) < 4.78 is 5.76. The molecular formula is C17H16O2. The number of para-hydroxylation sites is 1. The van der Waals surface area contributed by atoms with Crippen LogP contribution in [0, 0.1) is 5.92 Å². The Kier molecular flexibility index (Phi) is 2.86. The number of Topliss-reactive ketones (excluding diaryl/α,β-unsaturated/α-hetero) is 1. The fraction of sp³-hybridized carbons (Fsp3) is 0.235. The Morgan fingerprint density at radius 2 is 1.79 bits per heavy atom. The third-order valence-corrected chi connectivity index (χ3v) is 3.29. The van der Waals surface area contributed by atoms with Gasteiger partial charge in [0, 0.05) is 22.8 Å². The SMILES string of the molecule is CC(C)CC(=O)c1ccc2oc3ccccc3c2c1. The number of ketones is 1. The smallest absolute Gasteiger partial charge is 0.163 e. The molecule has 1 heterocycles. The number of furan rings is 1. The van der Waals surface area contributed by atoms with E-state index in [1.807, 2.05) is 42.5 Å². The van der Waals surface area contributed by atoms with E-state index in [9.17, 15) is 4.79 Å². The van der Waals surface area contributed by atoms with Gasteiger partial charge < -0.3 is 4.42 Å². The molecular weight excluding hydrogens is 236 g/mol. The lowest BCUT2D eigenvalue weighted by atomic mass is 10.00. The fourth-order valence-corrected chi connectivity index (χ4v) is 2.39. The van der Waals surface area contributed by atoms with Gasteiger partial charge >= 0.3 is 0 Å². The predicted molar refractivity (Wildman–Crippen MR) is 77.5 cm³/mol. The van der Waals surface area contributed by atoms with Gasteiger partial charge in [-0.05, 0) is 30.2 Å². The van der Waals surface area contributed by atoms with E-state index in [0.717, 1.165) is 27.5 Å². The minimum Gasteiger partial charge on any atom is -0.456 e. The van der Waals surface area contributed by atoms with Crippen LogP contribution in [0.3, 0.4) is 0 Å². The summed E-state index contributed by atoms with van der Waals surface area (Å²) in [5.74, 6) is 0.575. The van der Waals surface area contributed by atoms with Crippen molar-refractivity contribution in [2.45, 2.75) is 20.3 Å². The van der Waals surface area contributed by atoms with Crippen molar-refractivity contribution in [3.8, 4) is 0 Å². The van der Waals surface area contributed by atoms with Crippen LogP contribution in [-0.2, 0) is 0 Å². The summed E-state index contributed by atoms with van der Waals surface area (Å²) in [5.41, 5.74) is 2.47. The van der Waals surface area contributed by atoms with Crippen molar-refractivity contribution in [1.29, 1.82) is 0 Å². The molecule has 3 rings (SSSR count). The van der Waals surface area contributed by atoms with Gasteiger partial charge in [-0.25, -0.2) is 0 Å². The molecule has 2 nitrogen and oxygen atoms in total. The lowest BCUT2D eigenvalue weighted by Gasteiger charge is -2.03. The monoisotopic (exact) mass is 252 g/mol. The van der Waals surface area contributed by atoms with E-state index in [4.69, 9.17) is 4.42 Å². The number of carbonyl (C=O) groups is 1. The normalized spacial score (nSPS) is 11.5. The highest BCUT2D eigenvalue weighted by Gasteiger charge is 2.12. The van der Waals surface area contributed by atoms with E-state index in [1.165, 1.54) is 0 Å². The summed E-state index contributed by atoms with van der Waals surface area (Å²) in [4.78, 5) is 12.1. The van der Waals surface area contributed by atoms with Crippen LogP contribution in [-0.4, -0.2) is 5.78 Å². The van der Waals surface area contributed by atoms with Gasteiger partial charge in [0.2, 0.25) is 0 Å². The number of carbonyl (C=O) groups excluding carboxylic acids is 1. The molecule has 0 bridgehead atoms. The van der Waals surface area contributed by atoms with Crippen LogP contribution in [0.25, 0.3) is 21.9 Å². The highest BCUT2D eigenvalue weighted by Crippen LogP contribution is 2.29. The van der Waals surface area contributed by atoms with Gasteiger partial charge in [0.25, 0.3) is 0 Å². The maximum atomic E-state index is 12.1. The van der Waals surface area contributed by atoms with Gasteiger partial charge in [-0.15, -0.1) is 0 Å². The van der Waals surface area contributed by atoms with Crippen molar-refractivity contribution >= 4 is 27.7 Å². The summed E-state index contributed by atoms with van der Waals surface area (Å²) in [6.07, 6.45) is 0.585. The van der Waals surface area contributed by atoms with E-state index >= 15 is 0 Å². The Morgan fingerprint density at radius 1 is 1.05 bits per heavy atom. The molecule has 2 heteroatoms. The summed E-state index contributed by atoms with van der Waals surface area (Å²) in [6, 6.07) is 13.6. The summed E-state index contributed by atoms with van der Waals surface area (Å²) in [7, 11) is 0. The van der Waals surface area contributed by atoms with Gasteiger partial charge in [-0.1, -0.05) is 32.0 Å². The molecule has 19 heavy (non-hydrogen) atoms. The van der Waals surface area contributed by atoms with Crippen LogP contribution >= 0.6 is 0 Å². The molecule has 0 amide bonds. The second-order valence-corrected chi connectivity index (χ2v) is 5.33. The molecule has 0 radical (unpaired) electrons. The Hall–Kier alpha value is -2.09. The number of rotatable bonds is 3.